The average molecular weight is 459 g/mol. The summed E-state index contributed by atoms with van der Waals surface area (Å²) in [6.45, 7) is 9.97. The monoisotopic (exact) mass is 458 g/mol. The van der Waals surface area contributed by atoms with Gasteiger partial charge in [0.05, 0.1) is 11.1 Å². The van der Waals surface area contributed by atoms with Gasteiger partial charge in [-0.05, 0) is 29.3 Å². The quantitative estimate of drug-likeness (QED) is 0.579. The van der Waals surface area contributed by atoms with Crippen molar-refractivity contribution in [3.8, 4) is 5.75 Å². The molecule has 28 heavy (non-hydrogen) atoms. The minimum Gasteiger partial charge on any atom is -0.493 e. The largest absolute Gasteiger partial charge is 0.493 e. The fourth-order valence-corrected chi connectivity index (χ4v) is 3.32. The highest BCUT2D eigenvalue weighted by atomic mass is 79.9. The normalized spacial score (nSPS) is 16.6. The van der Waals surface area contributed by atoms with E-state index in [1.807, 2.05) is 13.8 Å². The van der Waals surface area contributed by atoms with Crippen molar-refractivity contribution in [1.29, 1.82) is 0 Å². The minimum atomic E-state index is -0.666. The first-order valence-corrected chi connectivity index (χ1v) is 10.2. The zero-order chi connectivity index (χ0) is 20.3. The Labute approximate surface area is 172 Å². The number of benzene rings is 1. The molecule has 0 amide bonds. The van der Waals surface area contributed by atoms with Gasteiger partial charge in [-0.1, -0.05) is 19.0 Å². The summed E-state index contributed by atoms with van der Waals surface area (Å²) in [4.78, 5) is 8.92. The van der Waals surface area contributed by atoms with Crippen molar-refractivity contribution in [3.63, 3.8) is 0 Å². The third-order valence-corrected chi connectivity index (χ3v) is 5.67. The van der Waals surface area contributed by atoms with E-state index in [-0.39, 0.29) is 16.1 Å². The topological polar surface area (TPSA) is 54.6 Å². The van der Waals surface area contributed by atoms with Gasteiger partial charge in [0.2, 0.25) is 0 Å². The maximum atomic E-state index is 13.5. The van der Waals surface area contributed by atoms with E-state index in [9.17, 15) is 8.78 Å². The maximum absolute atomic E-state index is 13.5. The van der Waals surface area contributed by atoms with Crippen LogP contribution in [0.15, 0.2) is 21.1 Å². The van der Waals surface area contributed by atoms with Crippen molar-refractivity contribution in [3.05, 3.63) is 34.1 Å². The Morgan fingerprint density at radius 3 is 2.36 bits per heavy atom. The Balaban J connectivity index is 1.44. The van der Waals surface area contributed by atoms with Crippen LogP contribution in [0.2, 0.25) is 0 Å². The van der Waals surface area contributed by atoms with Crippen LogP contribution in [0.1, 0.15) is 38.9 Å². The molecule has 2 heterocycles. The molecule has 0 bridgehead atoms. The lowest BCUT2D eigenvalue weighted by atomic mass is 10.2. The van der Waals surface area contributed by atoms with Crippen molar-refractivity contribution in [2.24, 2.45) is 0 Å². The number of piperazine rings is 1. The first-order chi connectivity index (χ1) is 13.3. The van der Waals surface area contributed by atoms with Gasteiger partial charge in [-0.25, -0.2) is 8.78 Å². The lowest BCUT2D eigenvalue weighted by molar-refractivity contribution is 0.163. The van der Waals surface area contributed by atoms with E-state index < -0.39 is 11.6 Å². The zero-order valence-electron chi connectivity index (χ0n) is 16.3. The summed E-state index contributed by atoms with van der Waals surface area (Å²) in [6, 6.07) is 3.25. The molecule has 1 saturated heterocycles. The Hall–Kier alpha value is -1.74. The van der Waals surface area contributed by atoms with Gasteiger partial charge >= 0.3 is 6.01 Å². The van der Waals surface area contributed by atoms with E-state index in [0.717, 1.165) is 38.4 Å². The first kappa shape index (κ1) is 21.0. The van der Waals surface area contributed by atoms with Crippen LogP contribution in [0, 0.1) is 11.6 Å². The number of nitrogens with zero attached hydrogens (tertiary/aromatic N) is 4. The van der Waals surface area contributed by atoms with E-state index in [0.29, 0.717) is 18.7 Å². The van der Waals surface area contributed by atoms with Crippen LogP contribution < -0.4 is 9.64 Å². The summed E-state index contributed by atoms with van der Waals surface area (Å²) in [5.74, 6) is -0.163. The molecule has 1 aliphatic heterocycles. The van der Waals surface area contributed by atoms with Crippen molar-refractivity contribution >= 4 is 21.9 Å². The molecule has 1 fully saturated rings. The number of rotatable bonds is 7. The Morgan fingerprint density at radius 2 is 1.79 bits per heavy atom. The first-order valence-electron chi connectivity index (χ1n) is 9.45. The highest BCUT2D eigenvalue weighted by Gasteiger charge is 2.24. The standard InChI is InChI=1S/C19H25BrF2N4O2/c1-12(2)18-23-19(28-24-18)26-7-5-25(6-8-26)13(3)4-9-27-14-10-15(21)17(20)16(22)11-14/h10-13H,4-9H2,1-3H3. The second kappa shape index (κ2) is 9.17. The number of ether oxygens (including phenoxy) is 1. The van der Waals surface area contributed by atoms with Gasteiger partial charge in [-0.2, -0.15) is 4.98 Å². The zero-order valence-corrected chi connectivity index (χ0v) is 17.9. The molecular weight excluding hydrogens is 434 g/mol. The molecule has 0 spiro atoms. The Kier molecular flexibility index (Phi) is 6.87. The van der Waals surface area contributed by atoms with Gasteiger partial charge in [0, 0.05) is 50.3 Å². The van der Waals surface area contributed by atoms with E-state index in [2.05, 4.69) is 42.8 Å². The van der Waals surface area contributed by atoms with Crippen molar-refractivity contribution in [2.75, 3.05) is 37.7 Å². The maximum Gasteiger partial charge on any atom is 0.324 e. The molecule has 0 N–H and O–H groups in total. The third kappa shape index (κ3) is 5.00. The molecule has 1 aromatic heterocycles. The number of aromatic nitrogens is 2. The molecule has 3 rings (SSSR count). The Bertz CT molecular complexity index is 771. The summed E-state index contributed by atoms with van der Waals surface area (Å²) >= 11 is 2.86. The third-order valence-electron chi connectivity index (χ3n) is 4.92. The predicted molar refractivity (Wildman–Crippen MR) is 106 cm³/mol. The van der Waals surface area contributed by atoms with Crippen LogP contribution in [0.5, 0.6) is 5.75 Å². The van der Waals surface area contributed by atoms with E-state index in [1.54, 1.807) is 0 Å². The van der Waals surface area contributed by atoms with E-state index >= 15 is 0 Å². The molecule has 1 aliphatic rings. The molecular formula is C19H25BrF2N4O2. The highest BCUT2D eigenvalue weighted by Crippen LogP contribution is 2.25. The summed E-state index contributed by atoms with van der Waals surface area (Å²) in [6.07, 6.45) is 0.761. The molecule has 0 saturated carbocycles. The molecule has 0 aliphatic carbocycles. The lowest BCUT2D eigenvalue weighted by Gasteiger charge is -2.37. The summed E-state index contributed by atoms with van der Waals surface area (Å²) in [5, 5.41) is 4.02. The predicted octanol–water partition coefficient (Wildman–Crippen LogP) is 4.21. The van der Waals surface area contributed by atoms with Gasteiger partial charge in [0.1, 0.15) is 17.4 Å². The van der Waals surface area contributed by atoms with Crippen LogP contribution >= 0.6 is 15.9 Å². The van der Waals surface area contributed by atoms with E-state index in [1.165, 1.54) is 12.1 Å². The molecule has 6 nitrogen and oxygen atoms in total. The molecule has 9 heteroatoms. The van der Waals surface area contributed by atoms with Gasteiger partial charge in [-0.3, -0.25) is 4.90 Å². The molecule has 1 unspecified atom stereocenters. The van der Waals surface area contributed by atoms with Gasteiger partial charge in [0.15, 0.2) is 5.82 Å². The number of hydrogen-bond acceptors (Lipinski definition) is 6. The van der Waals surface area contributed by atoms with Crippen LogP contribution in [0.25, 0.3) is 0 Å². The van der Waals surface area contributed by atoms with Crippen molar-refractivity contribution in [2.45, 2.75) is 39.2 Å². The second-order valence-corrected chi connectivity index (χ2v) is 8.09. The number of anilines is 1. The molecule has 2 aromatic rings. The van der Waals surface area contributed by atoms with Gasteiger partial charge in [0.25, 0.3) is 0 Å². The van der Waals surface area contributed by atoms with Crippen LogP contribution in [-0.4, -0.2) is 53.9 Å². The van der Waals surface area contributed by atoms with Gasteiger partial charge in [-0.15, -0.1) is 0 Å². The number of hydrogen-bond donors (Lipinski definition) is 0. The smallest absolute Gasteiger partial charge is 0.324 e. The average Bonchev–Trinajstić information content (AvgIpc) is 3.16. The molecule has 0 radical (unpaired) electrons. The summed E-state index contributed by atoms with van der Waals surface area (Å²) in [5.41, 5.74) is 0. The highest BCUT2D eigenvalue weighted by molar-refractivity contribution is 9.10. The summed E-state index contributed by atoms with van der Waals surface area (Å²) in [7, 11) is 0. The number of halogens is 3. The lowest BCUT2D eigenvalue weighted by Crippen LogP contribution is -2.50. The van der Waals surface area contributed by atoms with Crippen LogP contribution in [0.3, 0.4) is 0 Å². The second-order valence-electron chi connectivity index (χ2n) is 7.30. The fraction of sp³-hybridized carbons (Fsp3) is 0.579. The van der Waals surface area contributed by atoms with Crippen LogP contribution in [-0.2, 0) is 0 Å². The Morgan fingerprint density at radius 1 is 1.14 bits per heavy atom. The van der Waals surface area contributed by atoms with Crippen molar-refractivity contribution in [1.82, 2.24) is 15.0 Å². The van der Waals surface area contributed by atoms with Crippen molar-refractivity contribution < 1.29 is 18.0 Å². The molecule has 1 aromatic carbocycles. The minimum absolute atomic E-state index is 0.173. The van der Waals surface area contributed by atoms with Crippen LogP contribution in [0.4, 0.5) is 14.8 Å². The molecule has 154 valence electrons. The van der Waals surface area contributed by atoms with E-state index in [4.69, 9.17) is 9.26 Å². The SMILES string of the molecule is CC(C)c1noc(N2CCN(C(C)CCOc3cc(F)c(Br)c(F)c3)CC2)n1. The summed E-state index contributed by atoms with van der Waals surface area (Å²) < 4.78 is 37.8. The molecule has 1 atom stereocenters. The fourth-order valence-electron chi connectivity index (χ4n) is 3.09. The van der Waals surface area contributed by atoms with Gasteiger partial charge < -0.3 is 14.2 Å².